The van der Waals surface area contributed by atoms with E-state index in [-0.39, 0.29) is 36.1 Å². The van der Waals surface area contributed by atoms with E-state index < -0.39 is 5.97 Å². The summed E-state index contributed by atoms with van der Waals surface area (Å²) in [5.74, 6) is 0.215. The molecular formula is C26H48NNaO2. The van der Waals surface area contributed by atoms with Gasteiger partial charge in [0.15, 0.2) is 0 Å². The van der Waals surface area contributed by atoms with Gasteiger partial charge in [0, 0.05) is 6.54 Å². The van der Waals surface area contributed by atoms with Gasteiger partial charge in [-0.3, -0.25) is 4.90 Å². The van der Waals surface area contributed by atoms with Crippen molar-refractivity contribution in [3.63, 3.8) is 0 Å². The molecule has 0 aromatic rings. The van der Waals surface area contributed by atoms with Crippen molar-refractivity contribution in [3.8, 4) is 0 Å². The molecule has 0 aliphatic carbocycles. The minimum atomic E-state index is -0.961. The van der Waals surface area contributed by atoms with Crippen LogP contribution in [0.2, 0.25) is 0 Å². The van der Waals surface area contributed by atoms with Crippen molar-refractivity contribution < 1.29 is 39.5 Å². The molecule has 2 atom stereocenters. The summed E-state index contributed by atoms with van der Waals surface area (Å²) in [6, 6.07) is 0. The Bertz CT molecular complexity index is 405. The standard InChI is InChI=1S/C26H49NO2.Na/c1-5-7-9-11-13-15-17-24(3)19-21-27(23-26(28)29)22-20-25(4)18-16-14-12-10-8-6-2;/h13-16,24-25H,5-12,17-23H2,1-4H3,(H,28,29);/q;+1/p-1/b15-13+,16-14+;. The van der Waals surface area contributed by atoms with E-state index in [0.717, 1.165) is 38.8 Å². The number of carbonyl (C=O) groups excluding carboxylic acids is 1. The summed E-state index contributed by atoms with van der Waals surface area (Å²) in [7, 11) is 0. The van der Waals surface area contributed by atoms with Crippen LogP contribution in [0.25, 0.3) is 0 Å². The minimum absolute atomic E-state index is 0. The molecule has 0 spiro atoms. The van der Waals surface area contributed by atoms with Gasteiger partial charge in [0.05, 0.1) is 5.97 Å². The van der Waals surface area contributed by atoms with Crippen LogP contribution in [0.5, 0.6) is 0 Å². The molecule has 0 amide bonds. The molecule has 0 aliphatic heterocycles. The Kier molecular flexibility index (Phi) is 25.2. The van der Waals surface area contributed by atoms with E-state index >= 15 is 0 Å². The molecule has 0 N–H and O–H groups in total. The van der Waals surface area contributed by atoms with E-state index in [1.165, 1.54) is 51.4 Å². The SMILES string of the molecule is CCCCC/C=C/CC(C)CCN(CCC(C)C/C=C/CCCCC)CC(=O)[O-].[Na+]. The molecule has 0 aromatic heterocycles. The van der Waals surface area contributed by atoms with Crippen LogP contribution in [0.4, 0.5) is 0 Å². The second kappa shape index (κ2) is 23.6. The fraction of sp³-hybridized carbons (Fsp3) is 0.808. The molecule has 0 rings (SSSR count). The minimum Gasteiger partial charge on any atom is -0.549 e. The molecule has 0 bridgehead atoms. The summed E-state index contributed by atoms with van der Waals surface area (Å²) in [6.07, 6.45) is 23.6. The predicted octanol–water partition coefficient (Wildman–Crippen LogP) is 3.15. The zero-order valence-corrected chi connectivity index (χ0v) is 22.8. The second-order valence-corrected chi connectivity index (χ2v) is 8.84. The number of aliphatic carboxylic acids is 1. The van der Waals surface area contributed by atoms with Gasteiger partial charge >= 0.3 is 29.6 Å². The first kappa shape index (κ1) is 32.1. The number of hydrogen-bond acceptors (Lipinski definition) is 3. The zero-order chi connectivity index (χ0) is 21.7. The third kappa shape index (κ3) is 22.6. The summed E-state index contributed by atoms with van der Waals surface area (Å²) >= 11 is 0. The van der Waals surface area contributed by atoms with Gasteiger partial charge in [0.25, 0.3) is 0 Å². The molecule has 0 heterocycles. The van der Waals surface area contributed by atoms with Crippen molar-refractivity contribution in [2.75, 3.05) is 19.6 Å². The number of carboxylic acids is 1. The first-order chi connectivity index (χ1) is 14.0. The van der Waals surface area contributed by atoms with Crippen molar-refractivity contribution in [1.29, 1.82) is 0 Å². The first-order valence-corrected chi connectivity index (χ1v) is 12.2. The quantitative estimate of drug-likeness (QED) is 0.170. The van der Waals surface area contributed by atoms with E-state index in [2.05, 4.69) is 56.9 Å². The first-order valence-electron chi connectivity index (χ1n) is 12.2. The van der Waals surface area contributed by atoms with Gasteiger partial charge in [-0.25, -0.2) is 0 Å². The van der Waals surface area contributed by atoms with Crippen LogP contribution in [0.15, 0.2) is 24.3 Å². The number of nitrogens with zero attached hydrogens (tertiary/aromatic N) is 1. The monoisotopic (exact) mass is 429 g/mol. The van der Waals surface area contributed by atoms with Crippen molar-refractivity contribution in [2.45, 2.75) is 105 Å². The van der Waals surface area contributed by atoms with Crippen molar-refractivity contribution >= 4 is 5.97 Å². The topological polar surface area (TPSA) is 43.4 Å². The van der Waals surface area contributed by atoms with Crippen LogP contribution in [0, 0.1) is 11.8 Å². The Hall–Kier alpha value is -0.0900. The molecule has 3 nitrogen and oxygen atoms in total. The molecule has 0 saturated heterocycles. The maximum Gasteiger partial charge on any atom is 1.00 e. The van der Waals surface area contributed by atoms with Crippen LogP contribution in [-0.2, 0) is 4.79 Å². The fourth-order valence-corrected chi connectivity index (χ4v) is 3.41. The Morgan fingerprint density at radius 1 is 0.800 bits per heavy atom. The van der Waals surface area contributed by atoms with Crippen LogP contribution in [0.1, 0.15) is 105 Å². The summed E-state index contributed by atoms with van der Waals surface area (Å²) in [6.45, 7) is 10.7. The zero-order valence-electron chi connectivity index (χ0n) is 20.8. The molecule has 0 aliphatic rings. The maximum atomic E-state index is 11.1. The number of allylic oxidation sites excluding steroid dienone is 4. The average Bonchev–Trinajstić information content (AvgIpc) is 2.69. The van der Waals surface area contributed by atoms with Crippen LogP contribution < -0.4 is 34.7 Å². The molecule has 30 heavy (non-hydrogen) atoms. The molecule has 0 saturated carbocycles. The van der Waals surface area contributed by atoms with Crippen molar-refractivity contribution in [3.05, 3.63) is 24.3 Å². The number of carbonyl (C=O) groups is 1. The number of carboxylic acid groups (broad SMARTS) is 1. The molecule has 2 unspecified atom stereocenters. The van der Waals surface area contributed by atoms with Crippen molar-refractivity contribution in [2.24, 2.45) is 11.8 Å². The normalized spacial score (nSPS) is 13.8. The van der Waals surface area contributed by atoms with E-state index in [1.807, 2.05) is 0 Å². The van der Waals surface area contributed by atoms with Gasteiger partial charge in [-0.2, -0.15) is 0 Å². The van der Waals surface area contributed by atoms with E-state index in [4.69, 9.17) is 0 Å². The van der Waals surface area contributed by atoms with Gasteiger partial charge in [-0.1, -0.05) is 77.7 Å². The Labute approximate surface area is 210 Å². The van der Waals surface area contributed by atoms with E-state index in [1.54, 1.807) is 0 Å². The van der Waals surface area contributed by atoms with Gasteiger partial charge in [-0.15, -0.1) is 0 Å². The average molecular weight is 430 g/mol. The van der Waals surface area contributed by atoms with Crippen molar-refractivity contribution in [1.82, 2.24) is 4.90 Å². The fourth-order valence-electron chi connectivity index (χ4n) is 3.41. The van der Waals surface area contributed by atoms with Crippen LogP contribution >= 0.6 is 0 Å². The third-order valence-electron chi connectivity index (χ3n) is 5.59. The van der Waals surface area contributed by atoms with Gasteiger partial charge in [0.1, 0.15) is 0 Å². The summed E-state index contributed by atoms with van der Waals surface area (Å²) in [5.41, 5.74) is 0. The summed E-state index contributed by atoms with van der Waals surface area (Å²) in [4.78, 5) is 13.2. The smallest absolute Gasteiger partial charge is 0.549 e. The molecule has 170 valence electrons. The van der Waals surface area contributed by atoms with Crippen LogP contribution in [-0.4, -0.2) is 30.5 Å². The number of unbranched alkanes of at least 4 members (excludes halogenated alkanes) is 6. The molecule has 4 heteroatoms. The Morgan fingerprint density at radius 2 is 1.23 bits per heavy atom. The van der Waals surface area contributed by atoms with E-state index in [0.29, 0.717) is 11.8 Å². The molecule has 0 fully saturated rings. The summed E-state index contributed by atoms with van der Waals surface area (Å²) < 4.78 is 0. The Morgan fingerprint density at radius 3 is 1.60 bits per heavy atom. The largest absolute Gasteiger partial charge is 1.00 e. The summed E-state index contributed by atoms with van der Waals surface area (Å²) in [5, 5.41) is 11.1. The Balaban J connectivity index is 0. The van der Waals surface area contributed by atoms with Gasteiger partial charge in [0.2, 0.25) is 0 Å². The maximum absolute atomic E-state index is 11.1. The predicted molar refractivity (Wildman–Crippen MR) is 125 cm³/mol. The third-order valence-corrected chi connectivity index (χ3v) is 5.59. The number of hydrogen-bond donors (Lipinski definition) is 0. The van der Waals surface area contributed by atoms with Crippen LogP contribution in [0.3, 0.4) is 0 Å². The number of rotatable bonds is 20. The van der Waals surface area contributed by atoms with Gasteiger partial charge < -0.3 is 9.90 Å². The van der Waals surface area contributed by atoms with Gasteiger partial charge in [-0.05, 0) is 76.3 Å². The molecule has 0 aromatic carbocycles. The molecular weight excluding hydrogens is 381 g/mol. The van der Waals surface area contributed by atoms with E-state index in [9.17, 15) is 9.90 Å². The second-order valence-electron chi connectivity index (χ2n) is 8.84. The molecule has 0 radical (unpaired) electrons.